The van der Waals surface area contributed by atoms with Crippen LogP contribution in [0.15, 0.2) is 50.9 Å². The quantitative estimate of drug-likeness (QED) is 0.815. The first kappa shape index (κ1) is 16.3. The monoisotopic (exact) mass is 376 g/mol. The Morgan fingerprint density at radius 2 is 1.95 bits per heavy atom. The van der Waals surface area contributed by atoms with Crippen LogP contribution in [0.5, 0.6) is 0 Å². The highest BCUT2D eigenvalue weighted by atomic mass is 79.9. The Kier molecular flexibility index (Phi) is 4.95. The number of nitrogens with two attached hydrogens (primary N) is 1. The Morgan fingerprint density at radius 3 is 2.43 bits per heavy atom. The van der Waals surface area contributed by atoms with Crippen molar-refractivity contribution in [1.29, 1.82) is 0 Å². The van der Waals surface area contributed by atoms with Gasteiger partial charge in [-0.1, -0.05) is 17.8 Å². The molecule has 1 atom stereocenters. The molecule has 1 heterocycles. The first-order valence-electron chi connectivity index (χ1n) is 6.03. The van der Waals surface area contributed by atoms with E-state index < -0.39 is 11.7 Å². The lowest BCUT2D eigenvalue weighted by Crippen LogP contribution is -2.05. The van der Waals surface area contributed by atoms with Crippen LogP contribution in [0, 0.1) is 0 Å². The van der Waals surface area contributed by atoms with Crippen LogP contribution in [0.3, 0.4) is 0 Å². The summed E-state index contributed by atoms with van der Waals surface area (Å²) in [6, 6.07) is 7.97. The van der Waals surface area contributed by atoms with E-state index in [1.807, 2.05) is 25.1 Å². The van der Waals surface area contributed by atoms with Crippen molar-refractivity contribution in [2.24, 2.45) is 5.73 Å². The van der Waals surface area contributed by atoms with E-state index in [2.05, 4.69) is 20.9 Å². The summed E-state index contributed by atoms with van der Waals surface area (Å²) in [5, 5.41) is 0.497. The van der Waals surface area contributed by atoms with Crippen LogP contribution in [0.4, 0.5) is 13.2 Å². The summed E-state index contributed by atoms with van der Waals surface area (Å²) in [6.07, 6.45) is -3.53. The molecule has 0 radical (unpaired) electrons. The van der Waals surface area contributed by atoms with Gasteiger partial charge in [0, 0.05) is 21.6 Å². The van der Waals surface area contributed by atoms with Crippen LogP contribution in [0.2, 0.25) is 0 Å². The smallest absolute Gasteiger partial charge is 0.324 e. The molecule has 0 saturated carbocycles. The van der Waals surface area contributed by atoms with Crippen LogP contribution in [0.1, 0.15) is 24.1 Å². The van der Waals surface area contributed by atoms with Crippen LogP contribution >= 0.6 is 27.7 Å². The van der Waals surface area contributed by atoms with E-state index in [-0.39, 0.29) is 6.04 Å². The summed E-state index contributed by atoms with van der Waals surface area (Å²) >= 11 is 4.72. The van der Waals surface area contributed by atoms with Crippen molar-refractivity contribution >= 4 is 27.7 Å². The van der Waals surface area contributed by atoms with E-state index in [1.165, 1.54) is 17.8 Å². The zero-order valence-corrected chi connectivity index (χ0v) is 13.4. The molecule has 2 aromatic rings. The lowest BCUT2D eigenvalue weighted by molar-refractivity contribution is -0.137. The van der Waals surface area contributed by atoms with Crippen LogP contribution < -0.4 is 5.73 Å². The SMILES string of the molecule is C[C@H](N)c1ccc(Sc2ccc(C(F)(F)F)cn2)c(Br)c1. The summed E-state index contributed by atoms with van der Waals surface area (Å²) in [5.74, 6) is 0. The minimum Gasteiger partial charge on any atom is -0.324 e. The molecule has 112 valence electrons. The topological polar surface area (TPSA) is 38.9 Å². The number of alkyl halides is 3. The van der Waals surface area contributed by atoms with E-state index in [9.17, 15) is 13.2 Å². The highest BCUT2D eigenvalue weighted by Gasteiger charge is 2.30. The summed E-state index contributed by atoms with van der Waals surface area (Å²) in [5.41, 5.74) is 6.02. The van der Waals surface area contributed by atoms with Crippen molar-refractivity contribution < 1.29 is 13.2 Å². The van der Waals surface area contributed by atoms with Gasteiger partial charge in [-0.3, -0.25) is 0 Å². The second kappa shape index (κ2) is 6.37. The Morgan fingerprint density at radius 1 is 1.24 bits per heavy atom. The van der Waals surface area contributed by atoms with E-state index >= 15 is 0 Å². The standard InChI is InChI=1S/C14H12BrF3N2S/c1-8(19)9-2-4-12(11(15)6-9)21-13-5-3-10(7-20-13)14(16,17)18/h2-8H,19H2,1H3/t8-/m0/s1. The highest BCUT2D eigenvalue weighted by Crippen LogP contribution is 2.35. The molecule has 0 saturated heterocycles. The van der Waals surface area contributed by atoms with Crippen molar-refractivity contribution in [2.75, 3.05) is 0 Å². The molecular weight excluding hydrogens is 365 g/mol. The molecule has 0 aliphatic rings. The van der Waals surface area contributed by atoms with Gasteiger partial charge >= 0.3 is 6.18 Å². The van der Waals surface area contributed by atoms with Crippen LogP contribution in [-0.4, -0.2) is 4.98 Å². The Labute approximate surface area is 133 Å². The van der Waals surface area contributed by atoms with Gasteiger partial charge in [0.1, 0.15) is 5.03 Å². The van der Waals surface area contributed by atoms with Crippen LogP contribution in [-0.2, 0) is 6.18 Å². The number of nitrogens with zero attached hydrogens (tertiary/aromatic N) is 1. The first-order valence-corrected chi connectivity index (χ1v) is 7.64. The van der Waals surface area contributed by atoms with Crippen molar-refractivity contribution in [3.63, 3.8) is 0 Å². The highest BCUT2D eigenvalue weighted by molar-refractivity contribution is 9.10. The van der Waals surface area contributed by atoms with Gasteiger partial charge in [0.2, 0.25) is 0 Å². The number of hydrogen-bond acceptors (Lipinski definition) is 3. The van der Waals surface area contributed by atoms with Crippen molar-refractivity contribution in [2.45, 2.75) is 29.1 Å². The zero-order valence-electron chi connectivity index (χ0n) is 11.0. The number of rotatable bonds is 3. The van der Waals surface area contributed by atoms with Crippen molar-refractivity contribution in [3.05, 3.63) is 52.1 Å². The summed E-state index contributed by atoms with van der Waals surface area (Å²) in [6.45, 7) is 1.88. The van der Waals surface area contributed by atoms with Gasteiger partial charge in [-0.2, -0.15) is 13.2 Å². The van der Waals surface area contributed by atoms with Gasteiger partial charge in [-0.05, 0) is 52.7 Å². The molecule has 0 aliphatic carbocycles. The minimum atomic E-state index is -4.37. The Balaban J connectivity index is 2.19. The third-order valence-corrected chi connectivity index (χ3v) is 4.70. The molecule has 7 heteroatoms. The van der Waals surface area contributed by atoms with Gasteiger partial charge < -0.3 is 5.73 Å². The predicted octanol–water partition coefficient (Wildman–Crippen LogP) is 5.03. The van der Waals surface area contributed by atoms with E-state index in [0.29, 0.717) is 5.03 Å². The third kappa shape index (κ3) is 4.21. The molecule has 2 N–H and O–H groups in total. The number of pyridine rings is 1. The van der Waals surface area contributed by atoms with Crippen LogP contribution in [0.25, 0.3) is 0 Å². The van der Waals surface area contributed by atoms with Crippen molar-refractivity contribution in [1.82, 2.24) is 4.98 Å². The number of halogens is 4. The zero-order chi connectivity index (χ0) is 15.6. The molecule has 2 rings (SSSR count). The maximum absolute atomic E-state index is 12.5. The molecule has 1 aromatic heterocycles. The lowest BCUT2D eigenvalue weighted by Gasteiger charge is -2.10. The maximum atomic E-state index is 12.5. The summed E-state index contributed by atoms with van der Waals surface area (Å²) in [4.78, 5) is 4.70. The van der Waals surface area contributed by atoms with Gasteiger partial charge in [-0.25, -0.2) is 4.98 Å². The normalized spacial score (nSPS) is 13.2. The Hall–Kier alpha value is -1.05. The Bertz CT molecular complexity index is 627. The molecule has 2 nitrogen and oxygen atoms in total. The summed E-state index contributed by atoms with van der Waals surface area (Å²) in [7, 11) is 0. The average molecular weight is 377 g/mol. The van der Waals surface area contributed by atoms with E-state index in [1.54, 1.807) is 0 Å². The third-order valence-electron chi connectivity index (χ3n) is 2.76. The summed E-state index contributed by atoms with van der Waals surface area (Å²) < 4.78 is 38.2. The number of aromatic nitrogens is 1. The second-order valence-corrected chi connectivity index (χ2v) is 6.38. The van der Waals surface area contributed by atoms with Crippen molar-refractivity contribution in [3.8, 4) is 0 Å². The van der Waals surface area contributed by atoms with Gasteiger partial charge in [0.15, 0.2) is 0 Å². The van der Waals surface area contributed by atoms with E-state index in [4.69, 9.17) is 5.73 Å². The van der Waals surface area contributed by atoms with Gasteiger partial charge in [0.25, 0.3) is 0 Å². The maximum Gasteiger partial charge on any atom is 0.417 e. The molecular formula is C14H12BrF3N2S. The molecule has 0 fully saturated rings. The minimum absolute atomic E-state index is 0.0791. The van der Waals surface area contributed by atoms with Gasteiger partial charge in [0.05, 0.1) is 5.56 Å². The number of hydrogen-bond donors (Lipinski definition) is 1. The molecule has 21 heavy (non-hydrogen) atoms. The van der Waals surface area contributed by atoms with E-state index in [0.717, 1.165) is 27.2 Å². The molecule has 0 aliphatic heterocycles. The molecule has 0 bridgehead atoms. The first-order chi connectivity index (χ1) is 9.77. The molecule has 0 unspecified atom stereocenters. The second-order valence-electron chi connectivity index (χ2n) is 4.46. The molecule has 0 spiro atoms. The molecule has 1 aromatic carbocycles. The fourth-order valence-electron chi connectivity index (χ4n) is 1.60. The van der Waals surface area contributed by atoms with Gasteiger partial charge in [-0.15, -0.1) is 0 Å². The largest absolute Gasteiger partial charge is 0.417 e. The average Bonchev–Trinajstić information content (AvgIpc) is 2.40. The number of benzene rings is 1. The fourth-order valence-corrected chi connectivity index (χ4v) is 3.00. The molecule has 0 amide bonds. The fraction of sp³-hybridized carbons (Fsp3) is 0.214. The predicted molar refractivity (Wildman–Crippen MR) is 80.1 cm³/mol. The lowest BCUT2D eigenvalue weighted by atomic mass is 10.1.